The van der Waals surface area contributed by atoms with E-state index in [1.165, 1.54) is 12.8 Å². The van der Waals surface area contributed by atoms with Crippen molar-refractivity contribution in [3.63, 3.8) is 0 Å². The number of anilines is 1. The van der Waals surface area contributed by atoms with Crippen molar-refractivity contribution in [1.82, 2.24) is 29.5 Å². The van der Waals surface area contributed by atoms with Gasteiger partial charge in [0.15, 0.2) is 5.65 Å². The highest BCUT2D eigenvalue weighted by molar-refractivity contribution is 5.86. The summed E-state index contributed by atoms with van der Waals surface area (Å²) in [5, 5.41) is 9.69. The van der Waals surface area contributed by atoms with Gasteiger partial charge < -0.3 is 4.90 Å². The maximum Gasteiger partial charge on any atom is 0.163 e. The van der Waals surface area contributed by atoms with E-state index in [2.05, 4.69) is 25.1 Å². The third-order valence-electron chi connectivity index (χ3n) is 4.36. The predicted octanol–water partition coefficient (Wildman–Crippen LogP) is 1.62. The summed E-state index contributed by atoms with van der Waals surface area (Å²) in [7, 11) is 1.91. The fourth-order valence-electron chi connectivity index (χ4n) is 3.27. The SMILES string of the molecule is Cn1ncc2c(N3CCCC[C@H]3Cn3cccn3)ncnc21. The summed E-state index contributed by atoms with van der Waals surface area (Å²) in [5.41, 5.74) is 0.883. The highest BCUT2D eigenvalue weighted by atomic mass is 15.3. The molecular formula is C15H19N7. The van der Waals surface area contributed by atoms with E-state index in [9.17, 15) is 0 Å². The molecule has 7 nitrogen and oxygen atoms in total. The molecule has 3 aromatic rings. The number of aromatic nitrogens is 6. The maximum absolute atomic E-state index is 4.56. The molecule has 0 radical (unpaired) electrons. The van der Waals surface area contributed by atoms with Crippen molar-refractivity contribution in [2.45, 2.75) is 31.8 Å². The summed E-state index contributed by atoms with van der Waals surface area (Å²) in [6, 6.07) is 2.38. The molecule has 3 aromatic heterocycles. The van der Waals surface area contributed by atoms with E-state index in [-0.39, 0.29) is 0 Å². The molecule has 114 valence electrons. The maximum atomic E-state index is 4.56. The Kier molecular flexibility index (Phi) is 3.25. The van der Waals surface area contributed by atoms with Gasteiger partial charge in [-0.15, -0.1) is 0 Å². The summed E-state index contributed by atoms with van der Waals surface area (Å²) in [5.74, 6) is 0.995. The molecule has 0 aliphatic carbocycles. The van der Waals surface area contributed by atoms with E-state index in [0.29, 0.717) is 6.04 Å². The number of hydrogen-bond acceptors (Lipinski definition) is 5. The zero-order valence-corrected chi connectivity index (χ0v) is 12.6. The summed E-state index contributed by atoms with van der Waals surface area (Å²) in [4.78, 5) is 11.3. The third kappa shape index (κ3) is 2.22. The standard InChI is InChI=1S/C15H19N7/c1-20-14-13(9-19-20)15(17-11-16-14)22-8-3-2-5-12(22)10-21-7-4-6-18-21/h4,6-7,9,11-12H,2-3,5,8,10H2,1H3/t12-/m0/s1. The molecule has 1 aliphatic rings. The van der Waals surface area contributed by atoms with Crippen molar-refractivity contribution >= 4 is 16.9 Å². The van der Waals surface area contributed by atoms with E-state index >= 15 is 0 Å². The highest BCUT2D eigenvalue weighted by Gasteiger charge is 2.26. The van der Waals surface area contributed by atoms with Gasteiger partial charge in [0.1, 0.15) is 12.1 Å². The quantitative estimate of drug-likeness (QED) is 0.735. The van der Waals surface area contributed by atoms with Crippen LogP contribution in [-0.4, -0.2) is 42.1 Å². The van der Waals surface area contributed by atoms with Crippen LogP contribution in [0.5, 0.6) is 0 Å². The minimum Gasteiger partial charge on any atom is -0.351 e. The molecule has 1 atom stereocenters. The second-order valence-corrected chi connectivity index (χ2v) is 5.77. The molecule has 1 fully saturated rings. The molecule has 0 spiro atoms. The van der Waals surface area contributed by atoms with E-state index in [4.69, 9.17) is 0 Å². The van der Waals surface area contributed by atoms with Gasteiger partial charge in [0.05, 0.1) is 24.2 Å². The number of piperidine rings is 1. The van der Waals surface area contributed by atoms with Gasteiger partial charge in [0, 0.05) is 26.0 Å². The van der Waals surface area contributed by atoms with Crippen molar-refractivity contribution in [2.24, 2.45) is 7.05 Å². The van der Waals surface area contributed by atoms with Gasteiger partial charge in [-0.3, -0.25) is 9.36 Å². The Hall–Kier alpha value is -2.44. The first-order chi connectivity index (χ1) is 10.8. The largest absolute Gasteiger partial charge is 0.351 e. The van der Waals surface area contributed by atoms with Crippen LogP contribution in [0.3, 0.4) is 0 Å². The molecule has 1 saturated heterocycles. The van der Waals surface area contributed by atoms with Crippen molar-refractivity contribution in [2.75, 3.05) is 11.4 Å². The lowest BCUT2D eigenvalue weighted by molar-refractivity contribution is 0.397. The van der Waals surface area contributed by atoms with Crippen LogP contribution in [0, 0.1) is 0 Å². The number of fused-ring (bicyclic) bond motifs is 1. The molecule has 0 aromatic carbocycles. The first-order valence-corrected chi connectivity index (χ1v) is 7.70. The second kappa shape index (κ2) is 5.40. The molecule has 0 bridgehead atoms. The van der Waals surface area contributed by atoms with Gasteiger partial charge >= 0.3 is 0 Å². The Bertz CT molecular complexity index is 761. The summed E-state index contributed by atoms with van der Waals surface area (Å²) in [6.07, 6.45) is 11.0. The van der Waals surface area contributed by atoms with Crippen molar-refractivity contribution in [3.05, 3.63) is 31.0 Å². The predicted molar refractivity (Wildman–Crippen MR) is 83.5 cm³/mol. The van der Waals surface area contributed by atoms with E-state index < -0.39 is 0 Å². The number of hydrogen-bond donors (Lipinski definition) is 0. The third-order valence-corrected chi connectivity index (χ3v) is 4.36. The first kappa shape index (κ1) is 13.2. The number of rotatable bonds is 3. The summed E-state index contributed by atoms with van der Waals surface area (Å²) < 4.78 is 3.80. The molecule has 0 amide bonds. The molecule has 0 saturated carbocycles. The molecule has 4 heterocycles. The van der Waals surface area contributed by atoms with Crippen molar-refractivity contribution in [3.8, 4) is 0 Å². The average molecular weight is 297 g/mol. The first-order valence-electron chi connectivity index (χ1n) is 7.70. The minimum atomic E-state index is 0.409. The lowest BCUT2D eigenvalue weighted by atomic mass is 10.0. The lowest BCUT2D eigenvalue weighted by Gasteiger charge is -2.36. The molecule has 0 unspecified atom stereocenters. The van der Waals surface area contributed by atoms with Crippen LogP contribution in [-0.2, 0) is 13.6 Å². The zero-order valence-electron chi connectivity index (χ0n) is 12.6. The van der Waals surface area contributed by atoms with Gasteiger partial charge in [-0.2, -0.15) is 10.2 Å². The molecule has 22 heavy (non-hydrogen) atoms. The van der Waals surface area contributed by atoms with Gasteiger partial charge in [0.25, 0.3) is 0 Å². The van der Waals surface area contributed by atoms with Crippen LogP contribution in [0.2, 0.25) is 0 Å². The zero-order chi connectivity index (χ0) is 14.9. The topological polar surface area (TPSA) is 64.7 Å². The van der Waals surface area contributed by atoms with E-state index in [1.807, 2.05) is 36.4 Å². The average Bonchev–Trinajstić information content (AvgIpc) is 3.18. The summed E-state index contributed by atoms with van der Waals surface area (Å²) in [6.45, 7) is 1.91. The highest BCUT2D eigenvalue weighted by Crippen LogP contribution is 2.29. The van der Waals surface area contributed by atoms with Crippen LogP contribution in [0.25, 0.3) is 11.0 Å². The molecular weight excluding hydrogens is 278 g/mol. The van der Waals surface area contributed by atoms with Gasteiger partial charge in [-0.1, -0.05) is 0 Å². The van der Waals surface area contributed by atoms with Crippen molar-refractivity contribution < 1.29 is 0 Å². The van der Waals surface area contributed by atoms with E-state index in [0.717, 1.165) is 36.4 Å². The van der Waals surface area contributed by atoms with Crippen LogP contribution in [0.1, 0.15) is 19.3 Å². The normalized spacial score (nSPS) is 19.0. The molecule has 7 heteroatoms. The van der Waals surface area contributed by atoms with Gasteiger partial charge in [-0.05, 0) is 25.3 Å². The Morgan fingerprint density at radius 1 is 1.23 bits per heavy atom. The van der Waals surface area contributed by atoms with Crippen LogP contribution in [0.15, 0.2) is 31.0 Å². The van der Waals surface area contributed by atoms with E-state index in [1.54, 1.807) is 11.0 Å². The smallest absolute Gasteiger partial charge is 0.163 e. The minimum absolute atomic E-state index is 0.409. The number of aryl methyl sites for hydroxylation is 1. The Labute approximate surface area is 128 Å². The van der Waals surface area contributed by atoms with Crippen molar-refractivity contribution in [1.29, 1.82) is 0 Å². The van der Waals surface area contributed by atoms with Gasteiger partial charge in [-0.25, -0.2) is 9.97 Å². The second-order valence-electron chi connectivity index (χ2n) is 5.77. The van der Waals surface area contributed by atoms with Gasteiger partial charge in [0.2, 0.25) is 0 Å². The summed E-state index contributed by atoms with van der Waals surface area (Å²) >= 11 is 0. The fourth-order valence-corrected chi connectivity index (χ4v) is 3.27. The molecule has 1 aliphatic heterocycles. The Morgan fingerprint density at radius 2 is 2.18 bits per heavy atom. The number of nitrogens with zero attached hydrogens (tertiary/aromatic N) is 7. The lowest BCUT2D eigenvalue weighted by Crippen LogP contribution is -2.43. The Morgan fingerprint density at radius 3 is 3.05 bits per heavy atom. The molecule has 4 rings (SSSR count). The fraction of sp³-hybridized carbons (Fsp3) is 0.467. The monoisotopic (exact) mass is 297 g/mol. The van der Waals surface area contributed by atoms with Crippen LogP contribution < -0.4 is 4.90 Å². The Balaban J connectivity index is 1.71. The van der Waals surface area contributed by atoms with Crippen LogP contribution >= 0.6 is 0 Å². The molecule has 0 N–H and O–H groups in total. The van der Waals surface area contributed by atoms with Crippen LogP contribution in [0.4, 0.5) is 5.82 Å².